The van der Waals surface area contributed by atoms with Crippen molar-refractivity contribution >= 4 is 35.0 Å². The Bertz CT molecular complexity index is 923. The summed E-state index contributed by atoms with van der Waals surface area (Å²) in [4.78, 5) is 24.8. The van der Waals surface area contributed by atoms with E-state index in [1.165, 1.54) is 12.1 Å². The normalized spacial score (nSPS) is 10.5. The van der Waals surface area contributed by atoms with E-state index in [0.29, 0.717) is 5.02 Å². The van der Waals surface area contributed by atoms with Gasteiger partial charge in [0.2, 0.25) is 5.91 Å². The molecule has 3 aromatic carbocycles. The van der Waals surface area contributed by atoms with Gasteiger partial charge in [-0.2, -0.15) is 0 Å². The first-order chi connectivity index (χ1) is 13.5. The highest BCUT2D eigenvalue weighted by atomic mass is 35.5. The molecule has 4 nitrogen and oxygen atoms in total. The molecule has 0 aliphatic heterocycles. The molecular formula is C22H18Cl2N2O2. The van der Waals surface area contributed by atoms with Crippen molar-refractivity contribution in [3.63, 3.8) is 0 Å². The second-order valence-electron chi connectivity index (χ2n) is 6.13. The van der Waals surface area contributed by atoms with Crippen LogP contribution in [-0.2, 0) is 4.79 Å². The summed E-state index contributed by atoms with van der Waals surface area (Å²) in [6.07, 6.45) is 0. The molecule has 0 aliphatic rings. The summed E-state index contributed by atoms with van der Waals surface area (Å²) in [5.74, 6) is -0.746. The van der Waals surface area contributed by atoms with Crippen LogP contribution < -0.4 is 10.6 Å². The molecule has 28 heavy (non-hydrogen) atoms. The molecule has 0 fully saturated rings. The van der Waals surface area contributed by atoms with Crippen LogP contribution in [0.5, 0.6) is 0 Å². The molecule has 2 amide bonds. The van der Waals surface area contributed by atoms with Crippen LogP contribution in [0, 0.1) is 0 Å². The fourth-order valence-corrected chi connectivity index (χ4v) is 3.29. The number of carbonyl (C=O) groups is 2. The van der Waals surface area contributed by atoms with E-state index in [-0.39, 0.29) is 29.1 Å². The Hall–Kier alpha value is -2.82. The van der Waals surface area contributed by atoms with Crippen LogP contribution in [0.1, 0.15) is 27.5 Å². The van der Waals surface area contributed by atoms with Gasteiger partial charge in [0, 0.05) is 5.02 Å². The maximum Gasteiger partial charge on any atom is 0.253 e. The highest BCUT2D eigenvalue weighted by molar-refractivity contribution is 6.36. The van der Waals surface area contributed by atoms with E-state index < -0.39 is 5.91 Å². The van der Waals surface area contributed by atoms with Crippen LogP contribution in [0.15, 0.2) is 78.9 Å². The molecule has 0 unspecified atom stereocenters. The summed E-state index contributed by atoms with van der Waals surface area (Å²) in [6.45, 7) is -0.173. The maximum atomic E-state index is 12.5. The van der Waals surface area contributed by atoms with E-state index in [4.69, 9.17) is 23.2 Å². The lowest BCUT2D eigenvalue weighted by molar-refractivity contribution is -0.120. The summed E-state index contributed by atoms with van der Waals surface area (Å²) < 4.78 is 0. The predicted molar refractivity (Wildman–Crippen MR) is 112 cm³/mol. The third kappa shape index (κ3) is 5.12. The molecule has 0 saturated heterocycles. The Labute approximate surface area is 173 Å². The number of carbonyl (C=O) groups excluding carboxylic acids is 2. The molecule has 0 aliphatic carbocycles. The molecule has 0 heterocycles. The van der Waals surface area contributed by atoms with Gasteiger partial charge in [0.15, 0.2) is 0 Å². The second kappa shape index (κ2) is 9.40. The summed E-state index contributed by atoms with van der Waals surface area (Å²) in [5, 5.41) is 6.23. The molecule has 0 saturated carbocycles. The number of hydrogen-bond donors (Lipinski definition) is 2. The molecule has 0 spiro atoms. The summed E-state index contributed by atoms with van der Waals surface area (Å²) in [5.41, 5.74) is 2.17. The minimum atomic E-state index is -0.437. The van der Waals surface area contributed by atoms with Crippen LogP contribution in [-0.4, -0.2) is 18.4 Å². The smallest absolute Gasteiger partial charge is 0.253 e. The number of hydrogen-bond acceptors (Lipinski definition) is 2. The largest absolute Gasteiger partial charge is 0.344 e. The fraction of sp³-hybridized carbons (Fsp3) is 0.0909. The van der Waals surface area contributed by atoms with Crippen molar-refractivity contribution in [2.75, 3.05) is 6.54 Å². The molecule has 0 atom stereocenters. The highest BCUT2D eigenvalue weighted by Gasteiger charge is 2.18. The van der Waals surface area contributed by atoms with Gasteiger partial charge in [-0.1, -0.05) is 83.9 Å². The van der Waals surface area contributed by atoms with Crippen LogP contribution in [0.25, 0.3) is 0 Å². The molecule has 0 aromatic heterocycles. The zero-order chi connectivity index (χ0) is 19.9. The van der Waals surface area contributed by atoms with Gasteiger partial charge in [0.05, 0.1) is 23.2 Å². The molecule has 6 heteroatoms. The number of nitrogens with one attached hydrogen (secondary N) is 2. The molecule has 3 aromatic rings. The Morgan fingerprint density at radius 1 is 0.821 bits per heavy atom. The van der Waals surface area contributed by atoms with Gasteiger partial charge in [-0.25, -0.2) is 0 Å². The van der Waals surface area contributed by atoms with Crippen LogP contribution in [0.2, 0.25) is 10.0 Å². The first-order valence-electron chi connectivity index (χ1n) is 8.67. The zero-order valence-electron chi connectivity index (χ0n) is 14.9. The van der Waals surface area contributed by atoms with E-state index in [0.717, 1.165) is 11.1 Å². The minimum absolute atomic E-state index is 0.173. The SMILES string of the molecule is O=C(CNC(=O)c1ccc(Cl)cc1Cl)NC(c1ccccc1)c1ccccc1. The van der Waals surface area contributed by atoms with Crippen molar-refractivity contribution in [1.82, 2.24) is 10.6 Å². The molecule has 0 radical (unpaired) electrons. The summed E-state index contributed by atoms with van der Waals surface area (Å²) in [7, 11) is 0. The molecule has 142 valence electrons. The van der Waals surface area contributed by atoms with Gasteiger partial charge in [-0.3, -0.25) is 9.59 Å². The minimum Gasteiger partial charge on any atom is -0.344 e. The van der Waals surface area contributed by atoms with Crippen molar-refractivity contribution in [2.24, 2.45) is 0 Å². The zero-order valence-corrected chi connectivity index (χ0v) is 16.4. The number of amides is 2. The van der Waals surface area contributed by atoms with Crippen molar-refractivity contribution < 1.29 is 9.59 Å². The first-order valence-corrected chi connectivity index (χ1v) is 9.42. The predicted octanol–water partition coefficient (Wildman–Crippen LogP) is 4.63. The van der Waals surface area contributed by atoms with E-state index in [1.54, 1.807) is 6.07 Å². The van der Waals surface area contributed by atoms with E-state index in [1.807, 2.05) is 60.7 Å². The van der Waals surface area contributed by atoms with Gasteiger partial charge in [0.25, 0.3) is 5.91 Å². The lowest BCUT2D eigenvalue weighted by atomic mass is 9.99. The van der Waals surface area contributed by atoms with Crippen LogP contribution in [0.4, 0.5) is 0 Å². The van der Waals surface area contributed by atoms with Crippen molar-refractivity contribution in [3.8, 4) is 0 Å². The van der Waals surface area contributed by atoms with Crippen molar-refractivity contribution in [2.45, 2.75) is 6.04 Å². The lowest BCUT2D eigenvalue weighted by Crippen LogP contribution is -2.39. The Morgan fingerprint density at radius 3 is 1.93 bits per heavy atom. The van der Waals surface area contributed by atoms with Gasteiger partial charge >= 0.3 is 0 Å². The molecule has 3 rings (SSSR count). The van der Waals surface area contributed by atoms with Crippen LogP contribution in [0.3, 0.4) is 0 Å². The fourth-order valence-electron chi connectivity index (χ4n) is 2.79. The maximum absolute atomic E-state index is 12.5. The average Bonchev–Trinajstić information content (AvgIpc) is 2.71. The first kappa shape index (κ1) is 19.9. The number of rotatable bonds is 6. The Morgan fingerprint density at radius 2 is 1.39 bits per heavy atom. The summed E-state index contributed by atoms with van der Waals surface area (Å²) in [6, 6.07) is 23.6. The number of benzene rings is 3. The standard InChI is InChI=1S/C22H18Cl2N2O2/c23-17-11-12-18(19(24)13-17)22(28)25-14-20(27)26-21(15-7-3-1-4-8-15)16-9-5-2-6-10-16/h1-13,21H,14H2,(H,25,28)(H,26,27). The van der Waals surface area contributed by atoms with Gasteiger partial charge in [0.1, 0.15) is 0 Å². The third-order valence-corrected chi connectivity index (χ3v) is 4.70. The quantitative estimate of drug-likeness (QED) is 0.619. The molecule has 0 bridgehead atoms. The second-order valence-corrected chi connectivity index (χ2v) is 6.97. The van der Waals surface area contributed by atoms with Crippen LogP contribution >= 0.6 is 23.2 Å². The highest BCUT2D eigenvalue weighted by Crippen LogP contribution is 2.22. The summed E-state index contributed by atoms with van der Waals surface area (Å²) >= 11 is 11.9. The Balaban J connectivity index is 1.68. The topological polar surface area (TPSA) is 58.2 Å². The van der Waals surface area contributed by atoms with E-state index in [9.17, 15) is 9.59 Å². The lowest BCUT2D eigenvalue weighted by Gasteiger charge is -2.20. The molecular weight excluding hydrogens is 395 g/mol. The van der Waals surface area contributed by atoms with Crippen molar-refractivity contribution in [3.05, 3.63) is 106 Å². The van der Waals surface area contributed by atoms with Gasteiger partial charge in [-0.15, -0.1) is 0 Å². The van der Waals surface area contributed by atoms with E-state index in [2.05, 4.69) is 10.6 Å². The van der Waals surface area contributed by atoms with Crippen molar-refractivity contribution in [1.29, 1.82) is 0 Å². The monoisotopic (exact) mass is 412 g/mol. The van der Waals surface area contributed by atoms with Gasteiger partial charge in [-0.05, 0) is 29.3 Å². The average molecular weight is 413 g/mol. The molecule has 2 N–H and O–H groups in total. The Kier molecular flexibility index (Phi) is 6.69. The van der Waals surface area contributed by atoms with Gasteiger partial charge < -0.3 is 10.6 Å². The third-order valence-electron chi connectivity index (χ3n) is 4.16. The number of halogens is 2. The van der Waals surface area contributed by atoms with E-state index >= 15 is 0 Å².